The van der Waals surface area contributed by atoms with Crippen molar-refractivity contribution >= 4 is 16.8 Å². The number of hydrogen-bond donors (Lipinski definition) is 3. The van der Waals surface area contributed by atoms with Crippen LogP contribution in [0, 0.1) is 12.7 Å². The van der Waals surface area contributed by atoms with Gasteiger partial charge in [0.05, 0.1) is 5.52 Å². The second-order valence-corrected chi connectivity index (χ2v) is 3.65. The fourth-order valence-electron chi connectivity index (χ4n) is 1.72. The molecule has 1 amide bonds. The number of H-pyrrole nitrogens is 1. The summed E-state index contributed by atoms with van der Waals surface area (Å²) in [6.07, 6.45) is 1.26. The molecule has 1 heterocycles. The minimum atomic E-state index is -0.713. The summed E-state index contributed by atoms with van der Waals surface area (Å²) in [6.45, 7) is 1.67. The second kappa shape index (κ2) is 3.99. The smallest absolute Gasteiger partial charge is 0.270 e. The van der Waals surface area contributed by atoms with E-state index in [1.165, 1.54) is 12.3 Å². The van der Waals surface area contributed by atoms with Gasteiger partial charge < -0.3 is 4.98 Å². The summed E-state index contributed by atoms with van der Waals surface area (Å²) in [7, 11) is 0. The van der Waals surface area contributed by atoms with Gasteiger partial charge in [-0.15, -0.1) is 0 Å². The van der Waals surface area contributed by atoms with Gasteiger partial charge in [0.25, 0.3) is 5.91 Å². The van der Waals surface area contributed by atoms with Crippen LogP contribution in [-0.4, -0.2) is 10.9 Å². The third-order valence-corrected chi connectivity index (χ3v) is 2.53. The quantitative estimate of drug-likeness (QED) is 0.384. The molecular formula is C11H10FN3O2. The molecule has 0 saturated heterocycles. The summed E-state index contributed by atoms with van der Waals surface area (Å²) in [6, 6.07) is 2.40. The van der Waals surface area contributed by atoms with E-state index in [2.05, 4.69) is 4.98 Å². The maximum atomic E-state index is 13.2. The maximum Gasteiger partial charge on any atom is 0.270 e. The number of fused-ring (bicyclic) bond motifs is 1. The zero-order valence-electron chi connectivity index (χ0n) is 9.00. The van der Waals surface area contributed by atoms with E-state index in [0.717, 1.165) is 6.07 Å². The molecule has 17 heavy (non-hydrogen) atoms. The lowest BCUT2D eigenvalue weighted by Crippen LogP contribution is -2.33. The highest BCUT2D eigenvalue weighted by molar-refractivity contribution is 5.97. The van der Waals surface area contributed by atoms with E-state index >= 15 is 0 Å². The number of aromatic amines is 1. The summed E-state index contributed by atoms with van der Waals surface area (Å²) in [4.78, 5) is 26.0. The van der Waals surface area contributed by atoms with Gasteiger partial charge in [-0.05, 0) is 24.6 Å². The summed E-state index contributed by atoms with van der Waals surface area (Å²) < 4.78 is 13.2. The number of carbonyl (C=O) groups excluding carboxylic acids is 1. The van der Waals surface area contributed by atoms with Crippen LogP contribution < -0.4 is 16.7 Å². The van der Waals surface area contributed by atoms with Gasteiger partial charge in [0, 0.05) is 11.6 Å². The lowest BCUT2D eigenvalue weighted by molar-refractivity contribution is 0.0952. The molecule has 1 aromatic carbocycles. The first-order valence-corrected chi connectivity index (χ1v) is 4.87. The molecular weight excluding hydrogens is 225 g/mol. The van der Waals surface area contributed by atoms with Crippen molar-refractivity contribution in [2.24, 2.45) is 5.84 Å². The number of nitrogens with two attached hydrogens (primary N) is 1. The predicted molar refractivity (Wildman–Crippen MR) is 60.9 cm³/mol. The number of hydrazine groups is 1. The van der Waals surface area contributed by atoms with Crippen LogP contribution in [0.1, 0.15) is 15.9 Å². The van der Waals surface area contributed by atoms with Crippen molar-refractivity contribution in [3.05, 3.63) is 45.5 Å². The number of nitrogen functional groups attached to an aromatic ring is 1. The van der Waals surface area contributed by atoms with Crippen molar-refractivity contribution in [1.82, 2.24) is 10.4 Å². The van der Waals surface area contributed by atoms with Crippen LogP contribution in [0.5, 0.6) is 0 Å². The highest BCUT2D eigenvalue weighted by Gasteiger charge is 2.13. The van der Waals surface area contributed by atoms with Crippen LogP contribution in [0.25, 0.3) is 10.9 Å². The topological polar surface area (TPSA) is 88.0 Å². The fourth-order valence-corrected chi connectivity index (χ4v) is 1.72. The third-order valence-electron chi connectivity index (χ3n) is 2.53. The summed E-state index contributed by atoms with van der Waals surface area (Å²) in [5.41, 5.74) is 2.26. The monoisotopic (exact) mass is 235 g/mol. The van der Waals surface area contributed by atoms with Gasteiger partial charge >= 0.3 is 0 Å². The second-order valence-electron chi connectivity index (χ2n) is 3.65. The summed E-state index contributed by atoms with van der Waals surface area (Å²) in [5.74, 6) is 3.72. The highest BCUT2D eigenvalue weighted by Crippen LogP contribution is 2.15. The van der Waals surface area contributed by atoms with Gasteiger partial charge in [-0.2, -0.15) is 0 Å². The minimum absolute atomic E-state index is 0.128. The van der Waals surface area contributed by atoms with Crippen LogP contribution in [0.4, 0.5) is 4.39 Å². The molecule has 88 valence electrons. The SMILES string of the molecule is Cc1cc(F)cc2c(=O)c(C(=O)NN)c[nH]c12. The Hall–Kier alpha value is -2.21. The lowest BCUT2D eigenvalue weighted by Gasteiger charge is -2.04. The Morgan fingerprint density at radius 2 is 2.18 bits per heavy atom. The van der Waals surface area contributed by atoms with E-state index in [-0.39, 0.29) is 10.9 Å². The number of halogens is 1. The summed E-state index contributed by atoms with van der Waals surface area (Å²) >= 11 is 0. The van der Waals surface area contributed by atoms with Crippen molar-refractivity contribution < 1.29 is 9.18 Å². The number of nitrogens with one attached hydrogen (secondary N) is 2. The van der Waals surface area contributed by atoms with Gasteiger partial charge in [0.2, 0.25) is 5.43 Å². The molecule has 0 aliphatic carbocycles. The van der Waals surface area contributed by atoms with Crippen molar-refractivity contribution in [3.8, 4) is 0 Å². The van der Waals surface area contributed by atoms with Crippen LogP contribution in [-0.2, 0) is 0 Å². The maximum absolute atomic E-state index is 13.2. The van der Waals surface area contributed by atoms with E-state index in [1.807, 2.05) is 5.43 Å². The van der Waals surface area contributed by atoms with Gasteiger partial charge in [-0.1, -0.05) is 0 Å². The summed E-state index contributed by atoms with van der Waals surface area (Å²) in [5, 5.41) is 0.128. The Morgan fingerprint density at radius 1 is 1.47 bits per heavy atom. The van der Waals surface area contributed by atoms with Gasteiger partial charge in [0.1, 0.15) is 11.4 Å². The average molecular weight is 235 g/mol. The molecule has 0 bridgehead atoms. The zero-order chi connectivity index (χ0) is 12.6. The number of amides is 1. The van der Waals surface area contributed by atoms with Crippen molar-refractivity contribution in [3.63, 3.8) is 0 Å². The van der Waals surface area contributed by atoms with Crippen molar-refractivity contribution in [1.29, 1.82) is 0 Å². The third kappa shape index (κ3) is 1.78. The van der Waals surface area contributed by atoms with Crippen LogP contribution in [0.3, 0.4) is 0 Å². The van der Waals surface area contributed by atoms with Crippen LogP contribution in [0.2, 0.25) is 0 Å². The number of aryl methyl sites for hydroxylation is 1. The predicted octanol–water partition coefficient (Wildman–Crippen LogP) is 0.579. The van der Waals surface area contributed by atoms with Crippen LogP contribution >= 0.6 is 0 Å². The van der Waals surface area contributed by atoms with Crippen LogP contribution in [0.15, 0.2) is 23.1 Å². The van der Waals surface area contributed by atoms with E-state index in [0.29, 0.717) is 11.1 Å². The minimum Gasteiger partial charge on any atom is -0.360 e. The fraction of sp³-hybridized carbons (Fsp3) is 0.0909. The first kappa shape index (κ1) is 11.3. The first-order valence-electron chi connectivity index (χ1n) is 4.87. The Bertz CT molecular complexity index is 664. The van der Waals surface area contributed by atoms with E-state index in [9.17, 15) is 14.0 Å². The number of rotatable bonds is 1. The van der Waals surface area contributed by atoms with Crippen molar-refractivity contribution in [2.45, 2.75) is 6.92 Å². The number of aromatic nitrogens is 1. The number of carbonyl (C=O) groups is 1. The largest absolute Gasteiger partial charge is 0.360 e. The molecule has 5 nitrogen and oxygen atoms in total. The highest BCUT2D eigenvalue weighted by atomic mass is 19.1. The molecule has 2 rings (SSSR count). The standard InChI is InChI=1S/C11H10FN3O2/c1-5-2-6(12)3-7-9(5)14-4-8(10(7)16)11(17)15-13/h2-4H,13H2,1H3,(H,14,16)(H,15,17). The number of hydrogen-bond acceptors (Lipinski definition) is 3. The number of pyridine rings is 1. The molecule has 0 unspecified atom stereocenters. The molecule has 0 saturated carbocycles. The van der Waals surface area contributed by atoms with Gasteiger partial charge in [0.15, 0.2) is 0 Å². The molecule has 0 aliphatic rings. The van der Waals surface area contributed by atoms with Gasteiger partial charge in [-0.25, -0.2) is 10.2 Å². The number of benzene rings is 1. The molecule has 6 heteroatoms. The van der Waals surface area contributed by atoms with Gasteiger partial charge in [-0.3, -0.25) is 15.0 Å². The van der Waals surface area contributed by atoms with Crippen molar-refractivity contribution in [2.75, 3.05) is 0 Å². The van der Waals surface area contributed by atoms with E-state index < -0.39 is 17.2 Å². The average Bonchev–Trinajstić information content (AvgIpc) is 2.29. The molecule has 0 aliphatic heterocycles. The molecule has 0 radical (unpaired) electrons. The Balaban J connectivity index is 2.85. The first-order chi connectivity index (χ1) is 8.04. The Labute approximate surface area is 95.4 Å². The Kier molecular flexibility index (Phi) is 2.64. The Morgan fingerprint density at radius 3 is 2.82 bits per heavy atom. The molecule has 1 aromatic heterocycles. The molecule has 2 aromatic rings. The molecule has 4 N–H and O–H groups in total. The zero-order valence-corrected chi connectivity index (χ0v) is 9.00. The molecule has 0 atom stereocenters. The normalized spacial score (nSPS) is 10.5. The molecule has 0 spiro atoms. The lowest BCUT2D eigenvalue weighted by atomic mass is 10.1. The van der Waals surface area contributed by atoms with E-state index in [1.54, 1.807) is 6.92 Å². The molecule has 0 fully saturated rings. The van der Waals surface area contributed by atoms with E-state index in [4.69, 9.17) is 5.84 Å².